The Morgan fingerprint density at radius 1 is 1.35 bits per heavy atom. The van der Waals surface area contributed by atoms with Crippen LogP contribution in [0.2, 0.25) is 0 Å². The fraction of sp³-hybridized carbons (Fsp3) is 0.632. The molecule has 2 aliphatic rings. The molecule has 126 valence electrons. The van der Waals surface area contributed by atoms with Crippen LogP contribution in [-0.2, 0) is 10.2 Å². The van der Waals surface area contributed by atoms with Gasteiger partial charge >= 0.3 is 0 Å². The number of carbonyl (C=O) groups is 1. The first-order valence-electron chi connectivity index (χ1n) is 8.74. The van der Waals surface area contributed by atoms with Gasteiger partial charge < -0.3 is 10.1 Å². The Bertz CT molecular complexity index is 575. The molecule has 1 N–H and O–H groups in total. The van der Waals surface area contributed by atoms with Crippen molar-refractivity contribution >= 4 is 5.91 Å². The molecule has 1 aliphatic carbocycles. The summed E-state index contributed by atoms with van der Waals surface area (Å²) in [7, 11) is 1.68. The molecule has 0 aromatic heterocycles. The molecular weight excluding hydrogens is 288 g/mol. The minimum atomic E-state index is -0.328. The summed E-state index contributed by atoms with van der Waals surface area (Å²) in [6, 6.07) is 6.58. The molecule has 1 aromatic carbocycles. The molecule has 1 amide bonds. The second-order valence-corrected chi connectivity index (χ2v) is 7.07. The number of ether oxygens (including phenoxy) is 1. The van der Waals surface area contributed by atoms with E-state index in [0.717, 1.165) is 49.4 Å². The summed E-state index contributed by atoms with van der Waals surface area (Å²) in [4.78, 5) is 15.2. The van der Waals surface area contributed by atoms with Crippen molar-refractivity contribution in [3.8, 4) is 5.75 Å². The van der Waals surface area contributed by atoms with E-state index in [9.17, 15) is 4.79 Å². The maximum absolute atomic E-state index is 12.8. The molecule has 23 heavy (non-hydrogen) atoms. The van der Waals surface area contributed by atoms with E-state index in [1.165, 1.54) is 12.8 Å². The number of nitrogens with one attached hydrogen (secondary N) is 1. The fourth-order valence-electron chi connectivity index (χ4n) is 3.61. The van der Waals surface area contributed by atoms with Crippen molar-refractivity contribution in [1.82, 2.24) is 10.2 Å². The number of rotatable bonds is 6. The molecule has 1 saturated heterocycles. The second-order valence-electron chi connectivity index (χ2n) is 7.07. The van der Waals surface area contributed by atoms with Crippen LogP contribution in [0.4, 0.5) is 0 Å². The number of methoxy groups -OCH3 is 1. The fourth-order valence-corrected chi connectivity index (χ4v) is 3.61. The normalized spacial score (nSPS) is 21.0. The van der Waals surface area contributed by atoms with E-state index < -0.39 is 0 Å². The molecule has 4 nitrogen and oxygen atoms in total. The van der Waals surface area contributed by atoms with Gasteiger partial charge in [0.2, 0.25) is 5.91 Å². The molecule has 2 fully saturated rings. The zero-order valence-corrected chi connectivity index (χ0v) is 14.5. The zero-order valence-electron chi connectivity index (χ0n) is 14.5. The summed E-state index contributed by atoms with van der Waals surface area (Å²) in [6.45, 7) is 7.30. The third-order valence-corrected chi connectivity index (χ3v) is 5.47. The summed E-state index contributed by atoms with van der Waals surface area (Å²) in [5.74, 6) is 1.04. The SMILES string of the molecule is COc1cc(C2(C(=O)NC[C@@H](C)N3CCCC3)CC2)ccc1C. The summed E-state index contributed by atoms with van der Waals surface area (Å²) >= 11 is 0. The van der Waals surface area contributed by atoms with Crippen molar-refractivity contribution in [2.45, 2.75) is 51.0 Å². The molecule has 0 radical (unpaired) electrons. The molecule has 1 aliphatic heterocycles. The van der Waals surface area contributed by atoms with Crippen LogP contribution >= 0.6 is 0 Å². The Kier molecular flexibility index (Phi) is 4.62. The zero-order chi connectivity index (χ0) is 16.4. The number of nitrogens with zero attached hydrogens (tertiary/aromatic N) is 1. The average Bonchev–Trinajstić information content (AvgIpc) is 3.19. The van der Waals surface area contributed by atoms with Gasteiger partial charge in [-0.3, -0.25) is 9.69 Å². The van der Waals surface area contributed by atoms with E-state index in [-0.39, 0.29) is 11.3 Å². The number of carbonyl (C=O) groups excluding carboxylic acids is 1. The van der Waals surface area contributed by atoms with E-state index in [1.807, 2.05) is 19.1 Å². The highest BCUT2D eigenvalue weighted by Gasteiger charge is 2.51. The van der Waals surface area contributed by atoms with Gasteiger partial charge in [-0.05, 0) is 69.8 Å². The number of amides is 1. The predicted octanol–water partition coefficient (Wildman–Crippen LogP) is 2.64. The summed E-state index contributed by atoms with van der Waals surface area (Å²) < 4.78 is 5.42. The van der Waals surface area contributed by atoms with E-state index in [4.69, 9.17) is 4.74 Å². The monoisotopic (exact) mass is 316 g/mol. The van der Waals surface area contributed by atoms with Crippen molar-refractivity contribution in [2.24, 2.45) is 0 Å². The van der Waals surface area contributed by atoms with Crippen LogP contribution in [0.1, 0.15) is 43.7 Å². The highest BCUT2D eigenvalue weighted by atomic mass is 16.5. The van der Waals surface area contributed by atoms with Gasteiger partial charge in [0, 0.05) is 12.6 Å². The Morgan fingerprint density at radius 2 is 2.04 bits per heavy atom. The Hall–Kier alpha value is -1.55. The third kappa shape index (κ3) is 3.23. The number of hydrogen-bond donors (Lipinski definition) is 1. The lowest BCUT2D eigenvalue weighted by Gasteiger charge is -2.25. The molecule has 1 atom stereocenters. The van der Waals surface area contributed by atoms with Crippen LogP contribution in [0.25, 0.3) is 0 Å². The number of hydrogen-bond acceptors (Lipinski definition) is 3. The van der Waals surface area contributed by atoms with Gasteiger partial charge in [0.15, 0.2) is 0 Å². The van der Waals surface area contributed by atoms with Crippen molar-refractivity contribution in [1.29, 1.82) is 0 Å². The lowest BCUT2D eigenvalue weighted by Crippen LogP contribution is -2.44. The van der Waals surface area contributed by atoms with Crippen molar-refractivity contribution in [2.75, 3.05) is 26.7 Å². The highest BCUT2D eigenvalue weighted by molar-refractivity contribution is 5.91. The van der Waals surface area contributed by atoms with Crippen LogP contribution in [0.5, 0.6) is 5.75 Å². The first-order valence-corrected chi connectivity index (χ1v) is 8.74. The second kappa shape index (κ2) is 6.52. The highest BCUT2D eigenvalue weighted by Crippen LogP contribution is 2.49. The molecule has 1 heterocycles. The first kappa shape index (κ1) is 16.3. The quantitative estimate of drug-likeness (QED) is 0.877. The van der Waals surface area contributed by atoms with Crippen LogP contribution < -0.4 is 10.1 Å². The number of aryl methyl sites for hydroxylation is 1. The number of benzene rings is 1. The average molecular weight is 316 g/mol. The topological polar surface area (TPSA) is 41.6 Å². The molecule has 4 heteroatoms. The minimum Gasteiger partial charge on any atom is -0.496 e. The molecular formula is C19H28N2O2. The smallest absolute Gasteiger partial charge is 0.230 e. The minimum absolute atomic E-state index is 0.175. The summed E-state index contributed by atoms with van der Waals surface area (Å²) in [6.07, 6.45) is 4.43. The van der Waals surface area contributed by atoms with Crippen molar-refractivity contribution in [3.63, 3.8) is 0 Å². The van der Waals surface area contributed by atoms with Crippen molar-refractivity contribution < 1.29 is 9.53 Å². The van der Waals surface area contributed by atoms with E-state index in [0.29, 0.717) is 6.04 Å². The van der Waals surface area contributed by atoms with E-state index in [2.05, 4.69) is 23.2 Å². The van der Waals surface area contributed by atoms with Crippen LogP contribution in [0.3, 0.4) is 0 Å². The van der Waals surface area contributed by atoms with Gasteiger partial charge in [-0.25, -0.2) is 0 Å². The lowest BCUT2D eigenvalue weighted by molar-refractivity contribution is -0.123. The van der Waals surface area contributed by atoms with Crippen LogP contribution in [0, 0.1) is 6.92 Å². The largest absolute Gasteiger partial charge is 0.496 e. The third-order valence-electron chi connectivity index (χ3n) is 5.47. The summed E-state index contributed by atoms with van der Waals surface area (Å²) in [5, 5.41) is 3.19. The Labute approximate surface area is 139 Å². The Morgan fingerprint density at radius 3 is 2.65 bits per heavy atom. The first-order chi connectivity index (χ1) is 11.1. The maximum atomic E-state index is 12.8. The van der Waals surface area contributed by atoms with Gasteiger partial charge in [0.25, 0.3) is 0 Å². The standard InChI is InChI=1S/C19H28N2O2/c1-14-6-7-16(12-17(14)23-3)19(8-9-19)18(22)20-13-15(2)21-10-4-5-11-21/h6-7,12,15H,4-5,8-11,13H2,1-3H3,(H,20,22)/t15-/m1/s1. The molecule has 0 bridgehead atoms. The van der Waals surface area contributed by atoms with Crippen LogP contribution in [-0.4, -0.2) is 43.6 Å². The molecule has 0 spiro atoms. The van der Waals surface area contributed by atoms with Crippen LogP contribution in [0.15, 0.2) is 18.2 Å². The number of likely N-dealkylation sites (tertiary alicyclic amines) is 1. The van der Waals surface area contributed by atoms with Gasteiger partial charge in [0.05, 0.1) is 12.5 Å². The Balaban J connectivity index is 1.64. The summed E-state index contributed by atoms with van der Waals surface area (Å²) in [5.41, 5.74) is 1.87. The van der Waals surface area contributed by atoms with Gasteiger partial charge in [-0.2, -0.15) is 0 Å². The van der Waals surface area contributed by atoms with Gasteiger partial charge in [-0.15, -0.1) is 0 Å². The van der Waals surface area contributed by atoms with Crippen molar-refractivity contribution in [3.05, 3.63) is 29.3 Å². The molecule has 1 aromatic rings. The van der Waals surface area contributed by atoms with Gasteiger partial charge in [-0.1, -0.05) is 12.1 Å². The predicted molar refractivity (Wildman–Crippen MR) is 91.9 cm³/mol. The van der Waals surface area contributed by atoms with E-state index >= 15 is 0 Å². The molecule has 1 saturated carbocycles. The van der Waals surface area contributed by atoms with E-state index in [1.54, 1.807) is 7.11 Å². The molecule has 3 rings (SSSR count). The lowest BCUT2D eigenvalue weighted by atomic mass is 9.93. The molecule has 0 unspecified atom stereocenters. The maximum Gasteiger partial charge on any atom is 0.230 e. The van der Waals surface area contributed by atoms with Gasteiger partial charge in [0.1, 0.15) is 5.75 Å².